The number of esters is 1. The van der Waals surface area contributed by atoms with Gasteiger partial charge in [0.05, 0.1) is 12.5 Å². The van der Waals surface area contributed by atoms with Crippen molar-refractivity contribution in [2.45, 2.75) is 58.4 Å². The van der Waals surface area contributed by atoms with E-state index in [0.29, 0.717) is 38.6 Å². The molecule has 2 heterocycles. The Bertz CT molecular complexity index is 545. The lowest BCUT2D eigenvalue weighted by atomic mass is 9.96. The van der Waals surface area contributed by atoms with Crippen LogP contribution in [0.25, 0.3) is 0 Å². The number of nitriles is 1. The molecule has 2 aliphatic heterocycles. The van der Waals surface area contributed by atoms with Crippen molar-refractivity contribution >= 4 is 11.9 Å². The van der Waals surface area contributed by atoms with Crippen molar-refractivity contribution in [1.29, 1.82) is 5.26 Å². The molecule has 1 unspecified atom stereocenters. The van der Waals surface area contributed by atoms with Gasteiger partial charge in [0.25, 0.3) is 5.91 Å². The summed E-state index contributed by atoms with van der Waals surface area (Å²) in [5.74, 6) is -0.528. The van der Waals surface area contributed by atoms with Gasteiger partial charge < -0.3 is 14.5 Å². The summed E-state index contributed by atoms with van der Waals surface area (Å²) in [4.78, 5) is 28.3. The van der Waals surface area contributed by atoms with E-state index in [4.69, 9.17) is 4.74 Å². The van der Waals surface area contributed by atoms with Crippen LogP contribution in [-0.4, -0.2) is 54.0 Å². The summed E-state index contributed by atoms with van der Waals surface area (Å²) in [5.41, 5.74) is 0.204. The second kappa shape index (κ2) is 9.45. The Morgan fingerprint density at radius 1 is 1.16 bits per heavy atom. The molecule has 0 radical (unpaired) electrons. The lowest BCUT2D eigenvalue weighted by Gasteiger charge is -2.35. The number of nitrogens with zero attached hydrogens (tertiary/aromatic N) is 3. The number of likely N-dealkylation sites (tertiary alicyclic amines) is 2. The zero-order chi connectivity index (χ0) is 18.2. The van der Waals surface area contributed by atoms with Gasteiger partial charge in [-0.15, -0.1) is 0 Å². The molecular formula is C19H29N3O3. The summed E-state index contributed by atoms with van der Waals surface area (Å²) in [6.45, 7) is 6.22. The molecule has 25 heavy (non-hydrogen) atoms. The highest BCUT2D eigenvalue weighted by Gasteiger charge is 2.30. The fraction of sp³-hybridized carbons (Fsp3) is 0.737. The van der Waals surface area contributed by atoms with Gasteiger partial charge in [-0.2, -0.15) is 5.26 Å². The Kier molecular flexibility index (Phi) is 7.30. The Hall–Kier alpha value is -2.03. The van der Waals surface area contributed by atoms with Crippen molar-refractivity contribution in [1.82, 2.24) is 9.80 Å². The molecule has 0 N–H and O–H groups in total. The number of rotatable bonds is 5. The molecule has 0 aliphatic carbocycles. The normalized spacial score (nSPS) is 22.4. The molecular weight excluding hydrogens is 318 g/mol. The van der Waals surface area contributed by atoms with Crippen LogP contribution in [0.2, 0.25) is 0 Å². The molecule has 0 aromatic heterocycles. The molecule has 2 fully saturated rings. The molecule has 2 saturated heterocycles. The number of hydrogen-bond acceptors (Lipinski definition) is 5. The van der Waals surface area contributed by atoms with Gasteiger partial charge in [-0.1, -0.05) is 6.92 Å². The van der Waals surface area contributed by atoms with Gasteiger partial charge in [-0.3, -0.25) is 9.59 Å². The fourth-order valence-electron chi connectivity index (χ4n) is 3.68. The quantitative estimate of drug-likeness (QED) is 0.434. The molecule has 1 amide bonds. The second-order valence-corrected chi connectivity index (χ2v) is 6.77. The first-order valence-electron chi connectivity index (χ1n) is 9.44. The third-order valence-electron chi connectivity index (χ3n) is 5.19. The highest BCUT2D eigenvalue weighted by Crippen LogP contribution is 2.23. The summed E-state index contributed by atoms with van der Waals surface area (Å²) in [6, 6.07) is 2.50. The van der Waals surface area contributed by atoms with Crippen LogP contribution < -0.4 is 0 Å². The molecule has 0 aromatic carbocycles. The predicted octanol–water partition coefficient (Wildman–Crippen LogP) is 2.46. The van der Waals surface area contributed by atoms with E-state index < -0.39 is 0 Å². The lowest BCUT2D eigenvalue weighted by molar-refractivity contribution is -0.150. The Morgan fingerprint density at radius 3 is 2.48 bits per heavy atom. The zero-order valence-corrected chi connectivity index (χ0v) is 15.4. The standard InChI is InChI=1S/C19H29N3O3/c1-3-17-7-5-6-10-22(17)14-16(13-20)18(23)21-11-8-15(9-12-21)19(24)25-4-2/h14-15,17H,3-12H2,1-2H3/b16-14-. The number of carbonyl (C=O) groups excluding carboxylic acids is 2. The van der Waals surface area contributed by atoms with Crippen molar-refractivity contribution in [3.63, 3.8) is 0 Å². The highest BCUT2D eigenvalue weighted by molar-refractivity contribution is 5.97. The molecule has 1 atom stereocenters. The van der Waals surface area contributed by atoms with Gasteiger partial charge in [-0.25, -0.2) is 0 Å². The Labute approximate surface area is 150 Å². The van der Waals surface area contributed by atoms with E-state index in [1.807, 2.05) is 0 Å². The summed E-state index contributed by atoms with van der Waals surface area (Å²) in [7, 11) is 0. The molecule has 2 aliphatic rings. The minimum Gasteiger partial charge on any atom is -0.466 e. The van der Waals surface area contributed by atoms with E-state index in [-0.39, 0.29) is 23.4 Å². The number of piperidine rings is 2. The van der Waals surface area contributed by atoms with E-state index in [2.05, 4.69) is 17.9 Å². The highest BCUT2D eigenvalue weighted by atomic mass is 16.5. The van der Waals surface area contributed by atoms with Gasteiger partial charge in [0.2, 0.25) is 0 Å². The van der Waals surface area contributed by atoms with Gasteiger partial charge in [0.1, 0.15) is 11.6 Å². The van der Waals surface area contributed by atoms with E-state index >= 15 is 0 Å². The smallest absolute Gasteiger partial charge is 0.309 e. The van der Waals surface area contributed by atoms with Gasteiger partial charge in [-0.05, 0) is 45.4 Å². The van der Waals surface area contributed by atoms with Crippen LogP contribution in [0.3, 0.4) is 0 Å². The monoisotopic (exact) mass is 347 g/mol. The average molecular weight is 347 g/mol. The second-order valence-electron chi connectivity index (χ2n) is 6.77. The first-order valence-corrected chi connectivity index (χ1v) is 9.44. The first-order chi connectivity index (χ1) is 12.1. The minimum atomic E-state index is -0.217. The maximum absolute atomic E-state index is 12.7. The van der Waals surface area contributed by atoms with Gasteiger partial charge in [0, 0.05) is 31.9 Å². The summed E-state index contributed by atoms with van der Waals surface area (Å²) < 4.78 is 5.06. The summed E-state index contributed by atoms with van der Waals surface area (Å²) in [5, 5.41) is 9.46. The third kappa shape index (κ3) is 4.97. The molecule has 0 aromatic rings. The van der Waals surface area contributed by atoms with Crippen LogP contribution in [0.4, 0.5) is 0 Å². The van der Waals surface area contributed by atoms with Gasteiger partial charge >= 0.3 is 5.97 Å². The van der Waals surface area contributed by atoms with Crippen LogP contribution in [0.15, 0.2) is 11.8 Å². The van der Waals surface area contributed by atoms with Crippen LogP contribution >= 0.6 is 0 Å². The van der Waals surface area contributed by atoms with E-state index in [0.717, 1.165) is 25.8 Å². The van der Waals surface area contributed by atoms with Crippen molar-refractivity contribution in [3.8, 4) is 6.07 Å². The SMILES string of the molecule is CCOC(=O)C1CCN(C(=O)/C(C#N)=C\N2CCCCC2CC)CC1. The Morgan fingerprint density at radius 2 is 1.88 bits per heavy atom. The van der Waals surface area contributed by atoms with Gasteiger partial charge in [0.15, 0.2) is 0 Å². The van der Waals surface area contributed by atoms with E-state index in [1.165, 1.54) is 6.42 Å². The largest absolute Gasteiger partial charge is 0.466 e. The molecule has 6 nitrogen and oxygen atoms in total. The minimum absolute atomic E-state index is 0.134. The summed E-state index contributed by atoms with van der Waals surface area (Å²) >= 11 is 0. The predicted molar refractivity (Wildman–Crippen MR) is 94.3 cm³/mol. The topological polar surface area (TPSA) is 73.6 Å². The number of hydrogen-bond donors (Lipinski definition) is 0. The van der Waals surface area contributed by atoms with Crippen LogP contribution in [-0.2, 0) is 14.3 Å². The molecule has 2 rings (SSSR count). The molecule has 138 valence electrons. The van der Waals surface area contributed by atoms with E-state index in [9.17, 15) is 14.9 Å². The van der Waals surface area contributed by atoms with Crippen LogP contribution in [0, 0.1) is 17.2 Å². The number of carbonyl (C=O) groups is 2. The maximum Gasteiger partial charge on any atom is 0.309 e. The van der Waals surface area contributed by atoms with Crippen molar-refractivity contribution in [2.24, 2.45) is 5.92 Å². The summed E-state index contributed by atoms with van der Waals surface area (Å²) in [6.07, 6.45) is 7.41. The zero-order valence-electron chi connectivity index (χ0n) is 15.4. The third-order valence-corrected chi connectivity index (χ3v) is 5.19. The first kappa shape index (κ1) is 19.3. The average Bonchev–Trinajstić information content (AvgIpc) is 2.66. The fourth-order valence-corrected chi connectivity index (χ4v) is 3.68. The van der Waals surface area contributed by atoms with Crippen molar-refractivity contribution in [3.05, 3.63) is 11.8 Å². The van der Waals surface area contributed by atoms with Crippen molar-refractivity contribution < 1.29 is 14.3 Å². The molecule has 0 bridgehead atoms. The lowest BCUT2D eigenvalue weighted by Crippen LogP contribution is -2.42. The van der Waals surface area contributed by atoms with Crippen LogP contribution in [0.5, 0.6) is 0 Å². The molecule has 6 heteroatoms. The van der Waals surface area contributed by atoms with Crippen LogP contribution in [0.1, 0.15) is 52.4 Å². The maximum atomic E-state index is 12.7. The van der Waals surface area contributed by atoms with E-state index in [1.54, 1.807) is 18.0 Å². The molecule has 0 spiro atoms. The number of ether oxygens (including phenoxy) is 1. The Balaban J connectivity index is 1.97. The number of amides is 1. The van der Waals surface area contributed by atoms with Crippen molar-refractivity contribution in [2.75, 3.05) is 26.2 Å². The molecule has 0 saturated carbocycles.